The van der Waals surface area contributed by atoms with Crippen LogP contribution in [0.3, 0.4) is 0 Å². The van der Waals surface area contributed by atoms with Crippen molar-refractivity contribution in [1.82, 2.24) is 19.7 Å². The Morgan fingerprint density at radius 2 is 1.78 bits per heavy atom. The lowest BCUT2D eigenvalue weighted by Crippen LogP contribution is -2.54. The van der Waals surface area contributed by atoms with Gasteiger partial charge in [-0.1, -0.05) is 0 Å². The van der Waals surface area contributed by atoms with Gasteiger partial charge in [0.2, 0.25) is 5.43 Å². The summed E-state index contributed by atoms with van der Waals surface area (Å²) in [5.41, 5.74) is 0.389. The lowest BCUT2D eigenvalue weighted by molar-refractivity contribution is 0.0372. The summed E-state index contributed by atoms with van der Waals surface area (Å²) in [4.78, 5) is 32.7. The number of piperazine rings is 1. The Balaban J connectivity index is 1.50. The van der Waals surface area contributed by atoms with Crippen LogP contribution in [0.4, 0.5) is 4.79 Å². The number of pyridine rings is 1. The Hall–Kier alpha value is -2.06. The van der Waals surface area contributed by atoms with Gasteiger partial charge in [0.05, 0.1) is 13.2 Å². The highest BCUT2D eigenvalue weighted by Crippen LogP contribution is 2.10. The van der Waals surface area contributed by atoms with Gasteiger partial charge in [-0.3, -0.25) is 9.69 Å². The Morgan fingerprint density at radius 3 is 2.43 bits per heavy atom. The maximum atomic E-state index is 12.4. The second kappa shape index (κ2) is 7.01. The highest BCUT2D eigenvalue weighted by atomic mass is 16.5. The van der Waals surface area contributed by atoms with Crippen molar-refractivity contribution in [1.29, 1.82) is 0 Å². The third-order valence-electron chi connectivity index (χ3n) is 4.27. The zero-order valence-corrected chi connectivity index (χ0v) is 13.0. The van der Waals surface area contributed by atoms with Crippen molar-refractivity contribution in [2.24, 2.45) is 0 Å². The van der Waals surface area contributed by atoms with E-state index < -0.39 is 0 Å². The summed E-state index contributed by atoms with van der Waals surface area (Å²) in [6.45, 7) is 6.03. The number of rotatable bonds is 2. The van der Waals surface area contributed by atoms with Crippen LogP contribution in [0.2, 0.25) is 0 Å². The molecule has 8 heteroatoms. The van der Waals surface area contributed by atoms with E-state index in [-0.39, 0.29) is 17.2 Å². The first-order valence-electron chi connectivity index (χ1n) is 7.88. The van der Waals surface area contributed by atoms with Gasteiger partial charge in [-0.2, -0.15) is 0 Å². The van der Waals surface area contributed by atoms with E-state index in [4.69, 9.17) is 4.74 Å². The number of nitrogens with zero attached hydrogens (tertiary/aromatic N) is 3. The largest absolute Gasteiger partial charge is 0.503 e. The average molecular weight is 322 g/mol. The topological polar surface area (TPSA) is 89.1 Å². The molecule has 2 amide bonds. The highest BCUT2D eigenvalue weighted by molar-refractivity contribution is 5.74. The molecule has 2 saturated heterocycles. The van der Waals surface area contributed by atoms with Crippen LogP contribution >= 0.6 is 0 Å². The molecule has 1 aromatic rings. The zero-order chi connectivity index (χ0) is 16.2. The molecule has 23 heavy (non-hydrogen) atoms. The molecule has 0 aromatic carbocycles. The maximum absolute atomic E-state index is 12.4. The van der Waals surface area contributed by atoms with Crippen molar-refractivity contribution in [2.75, 3.05) is 52.5 Å². The monoisotopic (exact) mass is 322 g/mol. The molecule has 8 nitrogen and oxygen atoms in total. The van der Waals surface area contributed by atoms with Crippen molar-refractivity contribution in [3.8, 4) is 5.75 Å². The summed E-state index contributed by atoms with van der Waals surface area (Å²) in [5, 5.41) is 9.25. The fraction of sp³-hybridized carbons (Fsp3) is 0.600. The smallest absolute Gasteiger partial charge is 0.320 e. The summed E-state index contributed by atoms with van der Waals surface area (Å²) in [6.07, 6.45) is 1.32. The van der Waals surface area contributed by atoms with Gasteiger partial charge in [0.15, 0.2) is 5.75 Å². The Labute approximate surface area is 134 Å². The summed E-state index contributed by atoms with van der Waals surface area (Å²) in [6, 6.07) is 1.51. The van der Waals surface area contributed by atoms with E-state index in [1.165, 1.54) is 12.3 Å². The van der Waals surface area contributed by atoms with Crippen molar-refractivity contribution < 1.29 is 14.6 Å². The van der Waals surface area contributed by atoms with Crippen molar-refractivity contribution in [3.63, 3.8) is 0 Å². The molecule has 3 heterocycles. The van der Waals surface area contributed by atoms with Gasteiger partial charge < -0.3 is 24.6 Å². The predicted molar refractivity (Wildman–Crippen MR) is 83.4 cm³/mol. The second-order valence-electron chi connectivity index (χ2n) is 5.85. The second-order valence-corrected chi connectivity index (χ2v) is 5.85. The lowest BCUT2D eigenvalue weighted by atomic mass is 10.2. The number of amides is 2. The summed E-state index contributed by atoms with van der Waals surface area (Å²) in [7, 11) is 0. The number of H-pyrrole nitrogens is 1. The molecule has 0 atom stereocenters. The molecule has 0 bridgehead atoms. The number of hydrogen-bond acceptors (Lipinski definition) is 5. The number of carbonyl (C=O) groups excluding carboxylic acids is 1. The van der Waals surface area contributed by atoms with E-state index in [1.807, 2.05) is 9.80 Å². The third kappa shape index (κ3) is 3.83. The SMILES string of the molecule is O=C(N1CCOCC1)N1CCN(Cc2cc(=O)c(O)c[nH]2)CC1. The van der Waals surface area contributed by atoms with Crippen LogP contribution in [0, 0.1) is 0 Å². The molecule has 2 aliphatic heterocycles. The van der Waals surface area contributed by atoms with Gasteiger partial charge in [0.1, 0.15) is 0 Å². The van der Waals surface area contributed by atoms with Crippen molar-refractivity contribution >= 4 is 6.03 Å². The van der Waals surface area contributed by atoms with Gasteiger partial charge in [-0.05, 0) is 0 Å². The Kier molecular flexibility index (Phi) is 4.82. The Morgan fingerprint density at radius 1 is 1.13 bits per heavy atom. The molecule has 2 aliphatic rings. The van der Waals surface area contributed by atoms with Crippen LogP contribution < -0.4 is 5.43 Å². The number of ether oxygens (including phenoxy) is 1. The van der Waals surface area contributed by atoms with Gasteiger partial charge in [0, 0.05) is 63.8 Å². The summed E-state index contributed by atoms with van der Waals surface area (Å²) < 4.78 is 5.27. The number of hydrogen-bond donors (Lipinski definition) is 2. The minimum absolute atomic E-state index is 0.0889. The lowest BCUT2D eigenvalue weighted by Gasteiger charge is -2.38. The molecule has 1 aromatic heterocycles. The van der Waals surface area contributed by atoms with E-state index in [0.717, 1.165) is 18.8 Å². The minimum Gasteiger partial charge on any atom is -0.503 e. The first kappa shape index (κ1) is 15.8. The van der Waals surface area contributed by atoms with Crippen molar-refractivity contribution in [3.05, 3.63) is 28.2 Å². The highest BCUT2D eigenvalue weighted by Gasteiger charge is 2.26. The molecular formula is C15H22N4O4. The minimum atomic E-state index is -0.375. The normalized spacial score (nSPS) is 19.8. The van der Waals surface area contributed by atoms with E-state index in [9.17, 15) is 14.7 Å². The van der Waals surface area contributed by atoms with Crippen LogP contribution in [-0.4, -0.2) is 83.3 Å². The molecule has 0 radical (unpaired) electrons. The molecule has 3 rings (SSSR count). The third-order valence-corrected chi connectivity index (χ3v) is 4.27. The number of morpholine rings is 1. The predicted octanol–water partition coefficient (Wildman–Crippen LogP) is -0.350. The molecular weight excluding hydrogens is 300 g/mol. The molecule has 2 fully saturated rings. The fourth-order valence-electron chi connectivity index (χ4n) is 2.89. The van der Waals surface area contributed by atoms with Gasteiger partial charge in [0.25, 0.3) is 0 Å². The van der Waals surface area contributed by atoms with Crippen LogP contribution in [0.5, 0.6) is 5.75 Å². The number of aromatic hydroxyl groups is 1. The molecule has 126 valence electrons. The number of aromatic nitrogens is 1. The van der Waals surface area contributed by atoms with Gasteiger partial charge in [-0.25, -0.2) is 4.79 Å². The van der Waals surface area contributed by atoms with Crippen LogP contribution in [0.15, 0.2) is 17.1 Å². The standard InChI is InChI=1S/C15H22N4O4/c20-13-9-12(16-10-14(13)21)11-17-1-3-18(4-2-17)15(22)19-5-7-23-8-6-19/h9-10,21H,1-8,11H2,(H,16,20). The maximum Gasteiger partial charge on any atom is 0.320 e. The van der Waals surface area contributed by atoms with Crippen molar-refractivity contribution in [2.45, 2.75) is 6.54 Å². The average Bonchev–Trinajstić information content (AvgIpc) is 2.59. The van der Waals surface area contributed by atoms with Gasteiger partial charge in [-0.15, -0.1) is 0 Å². The van der Waals surface area contributed by atoms with E-state index in [1.54, 1.807) is 0 Å². The molecule has 2 N–H and O–H groups in total. The van der Waals surface area contributed by atoms with Crippen LogP contribution in [0.25, 0.3) is 0 Å². The summed E-state index contributed by atoms with van der Waals surface area (Å²) >= 11 is 0. The van der Waals surface area contributed by atoms with E-state index in [2.05, 4.69) is 9.88 Å². The number of carbonyl (C=O) groups is 1. The number of urea groups is 1. The quantitative estimate of drug-likeness (QED) is 0.777. The summed E-state index contributed by atoms with van der Waals surface area (Å²) in [5.74, 6) is -0.269. The first-order chi connectivity index (χ1) is 11.1. The number of aromatic amines is 1. The molecule has 0 spiro atoms. The molecule has 0 saturated carbocycles. The van der Waals surface area contributed by atoms with Crippen LogP contribution in [0.1, 0.15) is 5.69 Å². The van der Waals surface area contributed by atoms with E-state index in [0.29, 0.717) is 45.9 Å². The molecule has 0 unspecified atom stereocenters. The number of nitrogens with one attached hydrogen (secondary N) is 1. The zero-order valence-electron chi connectivity index (χ0n) is 13.0. The fourth-order valence-corrected chi connectivity index (χ4v) is 2.89. The molecule has 0 aliphatic carbocycles. The van der Waals surface area contributed by atoms with Crippen LogP contribution in [-0.2, 0) is 11.3 Å². The van der Waals surface area contributed by atoms with E-state index >= 15 is 0 Å². The Bertz CT molecular complexity index is 604. The van der Waals surface area contributed by atoms with Gasteiger partial charge >= 0.3 is 6.03 Å². The first-order valence-corrected chi connectivity index (χ1v) is 7.88.